The van der Waals surface area contributed by atoms with Crippen molar-refractivity contribution in [1.82, 2.24) is 9.55 Å². The highest BCUT2D eigenvalue weighted by Crippen LogP contribution is 2.25. The third-order valence-electron chi connectivity index (χ3n) is 4.61. The van der Waals surface area contributed by atoms with Crippen LogP contribution >= 0.6 is 0 Å². The summed E-state index contributed by atoms with van der Waals surface area (Å²) in [5.74, 6) is 1.79. The molecule has 3 aromatic rings. The number of nitrogens with one attached hydrogen (secondary N) is 3. The Morgan fingerprint density at radius 3 is 2.64 bits per heavy atom. The van der Waals surface area contributed by atoms with Gasteiger partial charge in [-0.2, -0.15) is 0 Å². The van der Waals surface area contributed by atoms with Crippen LogP contribution in [0.3, 0.4) is 0 Å². The van der Waals surface area contributed by atoms with Gasteiger partial charge in [-0.05, 0) is 38.1 Å². The summed E-state index contributed by atoms with van der Waals surface area (Å²) >= 11 is 0. The van der Waals surface area contributed by atoms with Crippen molar-refractivity contribution in [2.75, 3.05) is 17.7 Å². The number of aromatic nitrogens is 2. The van der Waals surface area contributed by atoms with Crippen LogP contribution in [0, 0.1) is 13.8 Å². The number of aryl methyl sites for hydroxylation is 2. The average Bonchev–Trinajstić information content (AvgIpc) is 2.68. The van der Waals surface area contributed by atoms with E-state index in [1.165, 1.54) is 11.6 Å². The Labute approximate surface area is 162 Å². The number of para-hydroxylation sites is 1. The van der Waals surface area contributed by atoms with Gasteiger partial charge in [-0.15, -0.1) is 0 Å². The van der Waals surface area contributed by atoms with E-state index in [0.29, 0.717) is 23.4 Å². The molecule has 4 rings (SSSR count). The molecule has 1 aliphatic heterocycles. The van der Waals surface area contributed by atoms with Crippen molar-refractivity contribution in [3.63, 3.8) is 0 Å². The number of methoxy groups -OCH3 is 1. The van der Waals surface area contributed by atoms with Gasteiger partial charge in [0.2, 0.25) is 0 Å². The van der Waals surface area contributed by atoms with Crippen LogP contribution in [0.25, 0.3) is 0 Å². The van der Waals surface area contributed by atoms with E-state index in [0.717, 1.165) is 11.3 Å². The largest absolute Gasteiger partial charge is 0.496 e. The second-order valence-corrected chi connectivity index (χ2v) is 6.71. The molecule has 0 radical (unpaired) electrons. The second kappa shape index (κ2) is 7.19. The Balaban J connectivity index is 1.82. The highest BCUT2D eigenvalue weighted by atomic mass is 16.5. The first kappa shape index (κ1) is 17.8. The molecule has 2 heterocycles. The molecule has 0 saturated carbocycles. The van der Waals surface area contributed by atoms with Crippen molar-refractivity contribution in [2.24, 2.45) is 0 Å². The molecule has 1 aliphatic rings. The molecule has 2 aromatic carbocycles. The van der Waals surface area contributed by atoms with Crippen LogP contribution in [-0.4, -0.2) is 22.6 Å². The summed E-state index contributed by atoms with van der Waals surface area (Å²) in [6.07, 6.45) is -0.471. The smallest absolute Gasteiger partial charge is 0.357 e. The van der Waals surface area contributed by atoms with Crippen molar-refractivity contribution < 1.29 is 9.73 Å². The van der Waals surface area contributed by atoms with Gasteiger partial charge in [-0.1, -0.05) is 29.8 Å². The van der Waals surface area contributed by atoms with E-state index in [1.54, 1.807) is 18.6 Å². The molecule has 0 unspecified atom stereocenters. The SMILES string of the molecule is COc1ccccc1[C@@H]1[NH+]=C(Nc2ccc(C)cc2)Nc2nc(C)cc(=O)n21. The van der Waals surface area contributed by atoms with Crippen LogP contribution in [0.2, 0.25) is 0 Å². The molecule has 142 valence electrons. The number of fused-ring (bicyclic) bond motifs is 1. The lowest BCUT2D eigenvalue weighted by molar-refractivity contribution is -0.520. The maximum atomic E-state index is 12.7. The van der Waals surface area contributed by atoms with E-state index in [2.05, 4.69) is 20.6 Å². The molecule has 1 atom stereocenters. The molecular formula is C21H22N5O2+. The first-order chi connectivity index (χ1) is 13.5. The minimum absolute atomic E-state index is 0.146. The highest BCUT2D eigenvalue weighted by Gasteiger charge is 2.30. The molecule has 7 heteroatoms. The fourth-order valence-corrected chi connectivity index (χ4v) is 3.25. The van der Waals surface area contributed by atoms with Crippen molar-refractivity contribution in [1.29, 1.82) is 0 Å². The van der Waals surface area contributed by atoms with E-state index < -0.39 is 6.17 Å². The van der Waals surface area contributed by atoms with Crippen LogP contribution in [0.1, 0.15) is 23.0 Å². The Morgan fingerprint density at radius 1 is 1.14 bits per heavy atom. The molecule has 0 fully saturated rings. The number of anilines is 2. The summed E-state index contributed by atoms with van der Waals surface area (Å²) in [6.45, 7) is 3.85. The summed E-state index contributed by atoms with van der Waals surface area (Å²) < 4.78 is 7.11. The molecule has 3 N–H and O–H groups in total. The van der Waals surface area contributed by atoms with Gasteiger partial charge < -0.3 is 4.74 Å². The van der Waals surface area contributed by atoms with Gasteiger partial charge in [0.15, 0.2) is 6.17 Å². The summed E-state index contributed by atoms with van der Waals surface area (Å²) in [5.41, 5.74) is 3.44. The molecular weight excluding hydrogens is 354 g/mol. The van der Waals surface area contributed by atoms with Gasteiger partial charge in [0.1, 0.15) is 5.75 Å². The Hall–Kier alpha value is -3.61. The zero-order valence-corrected chi connectivity index (χ0v) is 16.0. The van der Waals surface area contributed by atoms with Crippen LogP contribution in [0.4, 0.5) is 11.6 Å². The first-order valence-corrected chi connectivity index (χ1v) is 9.02. The Bertz CT molecular complexity index is 1100. The van der Waals surface area contributed by atoms with Crippen LogP contribution in [-0.2, 0) is 0 Å². The lowest BCUT2D eigenvalue weighted by atomic mass is 10.1. The highest BCUT2D eigenvalue weighted by molar-refractivity contribution is 5.99. The zero-order valence-electron chi connectivity index (χ0n) is 16.0. The molecule has 0 spiro atoms. The summed E-state index contributed by atoms with van der Waals surface area (Å²) in [6, 6.07) is 17.2. The quantitative estimate of drug-likeness (QED) is 0.644. The maximum absolute atomic E-state index is 12.7. The fourth-order valence-electron chi connectivity index (χ4n) is 3.25. The second-order valence-electron chi connectivity index (χ2n) is 6.71. The number of hydrogen-bond donors (Lipinski definition) is 3. The molecule has 0 bridgehead atoms. The van der Waals surface area contributed by atoms with Gasteiger partial charge in [-0.3, -0.25) is 9.79 Å². The number of hydrogen-bond acceptors (Lipinski definition) is 5. The minimum Gasteiger partial charge on any atom is -0.496 e. The number of nitrogens with zero attached hydrogens (tertiary/aromatic N) is 2. The number of guanidine groups is 1. The lowest BCUT2D eigenvalue weighted by Gasteiger charge is -2.24. The minimum atomic E-state index is -0.471. The molecule has 0 amide bonds. The standard InChI is InChI=1S/C21H21N5O2/c1-13-8-10-15(11-9-13)23-20-24-19(16-6-4-5-7-17(16)28-3)26-18(27)12-14(2)22-21(26)25-20/h4-12,19H,1-3H3,(H2,22,23,24,25)/p+1/t19-/m1/s1. The predicted molar refractivity (Wildman–Crippen MR) is 109 cm³/mol. The molecule has 1 aromatic heterocycles. The van der Waals surface area contributed by atoms with Crippen LogP contribution < -0.4 is 25.9 Å². The lowest BCUT2D eigenvalue weighted by Crippen LogP contribution is -2.82. The molecule has 0 aliphatic carbocycles. The third-order valence-corrected chi connectivity index (χ3v) is 4.61. The number of rotatable bonds is 3. The third kappa shape index (κ3) is 3.34. The van der Waals surface area contributed by atoms with Crippen molar-refractivity contribution in [3.8, 4) is 5.75 Å². The van der Waals surface area contributed by atoms with E-state index in [9.17, 15) is 4.79 Å². The van der Waals surface area contributed by atoms with Crippen LogP contribution in [0.15, 0.2) is 59.4 Å². The Morgan fingerprint density at radius 2 is 1.89 bits per heavy atom. The van der Waals surface area contributed by atoms with E-state index in [-0.39, 0.29) is 5.56 Å². The van der Waals surface area contributed by atoms with Gasteiger partial charge in [0.25, 0.3) is 11.5 Å². The zero-order chi connectivity index (χ0) is 19.7. The average molecular weight is 376 g/mol. The van der Waals surface area contributed by atoms with Gasteiger partial charge >= 0.3 is 5.96 Å². The monoisotopic (exact) mass is 376 g/mol. The van der Waals surface area contributed by atoms with Crippen molar-refractivity contribution >= 4 is 17.6 Å². The molecule has 0 saturated heterocycles. The topological polar surface area (TPSA) is 82.2 Å². The van der Waals surface area contributed by atoms with Crippen LogP contribution in [0.5, 0.6) is 5.75 Å². The van der Waals surface area contributed by atoms with Crippen molar-refractivity contribution in [2.45, 2.75) is 20.0 Å². The summed E-state index contributed by atoms with van der Waals surface area (Å²) in [7, 11) is 1.62. The van der Waals surface area contributed by atoms with Crippen molar-refractivity contribution in [3.05, 3.63) is 81.8 Å². The normalized spacial score (nSPS) is 15.2. The first-order valence-electron chi connectivity index (χ1n) is 9.02. The van der Waals surface area contributed by atoms with Gasteiger partial charge in [0.05, 0.1) is 18.4 Å². The summed E-state index contributed by atoms with van der Waals surface area (Å²) in [4.78, 5) is 20.6. The summed E-state index contributed by atoms with van der Waals surface area (Å²) in [5, 5.41) is 6.51. The molecule has 28 heavy (non-hydrogen) atoms. The number of benzene rings is 2. The maximum Gasteiger partial charge on any atom is 0.357 e. The van der Waals surface area contributed by atoms with E-state index >= 15 is 0 Å². The van der Waals surface area contributed by atoms with E-state index in [1.807, 2.05) is 55.5 Å². The molecule has 7 nitrogen and oxygen atoms in total. The predicted octanol–water partition coefficient (Wildman–Crippen LogP) is 1.39. The Kier molecular flexibility index (Phi) is 4.57. The van der Waals surface area contributed by atoms with E-state index in [4.69, 9.17) is 4.74 Å². The van der Waals surface area contributed by atoms with Gasteiger partial charge in [-0.25, -0.2) is 20.2 Å². The fraction of sp³-hybridized carbons (Fsp3) is 0.190. The number of ether oxygens (including phenoxy) is 1. The van der Waals surface area contributed by atoms with Gasteiger partial charge in [0, 0.05) is 11.8 Å².